The van der Waals surface area contributed by atoms with E-state index in [9.17, 15) is 0 Å². The third-order valence-corrected chi connectivity index (χ3v) is 2.43. The number of likely N-dealkylation sites (N-methyl/N-ethyl adjacent to an activating group) is 1. The van der Waals surface area contributed by atoms with Crippen molar-refractivity contribution in [2.45, 2.75) is 13.0 Å². The molecule has 2 N–H and O–H groups in total. The molecule has 86 valence electrons. The first-order valence-electron chi connectivity index (χ1n) is 5.19. The Morgan fingerprint density at radius 3 is 2.94 bits per heavy atom. The van der Waals surface area contributed by atoms with Crippen LogP contribution in [-0.2, 0) is 7.05 Å². The Hall–Kier alpha value is -1.69. The summed E-state index contributed by atoms with van der Waals surface area (Å²) in [4.78, 5) is 10.5. The van der Waals surface area contributed by atoms with Gasteiger partial charge in [0.2, 0.25) is 0 Å². The number of aryl methyl sites for hydroxylation is 1. The number of anilines is 1. The Morgan fingerprint density at radius 2 is 2.25 bits per heavy atom. The van der Waals surface area contributed by atoms with Gasteiger partial charge in [-0.2, -0.15) is 5.10 Å². The van der Waals surface area contributed by atoms with E-state index in [0.29, 0.717) is 0 Å². The van der Waals surface area contributed by atoms with Gasteiger partial charge in [0.25, 0.3) is 0 Å². The maximum Gasteiger partial charge on any atom is 0.163 e. The van der Waals surface area contributed by atoms with Crippen molar-refractivity contribution in [3.05, 3.63) is 12.5 Å². The van der Waals surface area contributed by atoms with Crippen molar-refractivity contribution in [2.75, 3.05) is 18.5 Å². The van der Waals surface area contributed by atoms with Crippen LogP contribution >= 0.6 is 0 Å². The molecular weight excluding hydrogens is 204 g/mol. The summed E-state index contributed by atoms with van der Waals surface area (Å²) in [6.07, 6.45) is 3.33. The highest BCUT2D eigenvalue weighted by Gasteiger charge is 2.12. The van der Waals surface area contributed by atoms with Crippen molar-refractivity contribution in [3.63, 3.8) is 0 Å². The van der Waals surface area contributed by atoms with Crippen LogP contribution in [0.2, 0.25) is 0 Å². The number of hydrogen-bond acceptors (Lipinski definition) is 5. The van der Waals surface area contributed by atoms with E-state index >= 15 is 0 Å². The van der Waals surface area contributed by atoms with Crippen molar-refractivity contribution >= 4 is 16.9 Å². The molecule has 0 saturated heterocycles. The topological polar surface area (TPSA) is 72.9 Å². The van der Waals surface area contributed by atoms with E-state index in [1.165, 1.54) is 0 Å². The Morgan fingerprint density at radius 1 is 1.50 bits per heavy atom. The maximum atomic E-state index is 5.77. The Balaban J connectivity index is 2.44. The largest absolute Gasteiger partial charge is 0.357 e. The first kappa shape index (κ1) is 10.8. The number of rotatable bonds is 3. The van der Waals surface area contributed by atoms with Gasteiger partial charge in [-0.15, -0.1) is 0 Å². The minimum atomic E-state index is 0.103. The van der Waals surface area contributed by atoms with E-state index in [1.54, 1.807) is 17.2 Å². The van der Waals surface area contributed by atoms with Crippen molar-refractivity contribution in [1.29, 1.82) is 0 Å². The van der Waals surface area contributed by atoms with Crippen LogP contribution in [0, 0.1) is 0 Å². The molecular formula is C10H16N6. The van der Waals surface area contributed by atoms with Gasteiger partial charge in [0.15, 0.2) is 5.65 Å². The standard InChI is InChI=1S/C10H16N6/c1-7(11)5-15(2)9-8-4-14-16(3)10(8)13-6-12-9/h4,6-7H,5,11H2,1-3H3. The summed E-state index contributed by atoms with van der Waals surface area (Å²) in [5.41, 5.74) is 6.61. The lowest BCUT2D eigenvalue weighted by atomic mass is 10.3. The maximum absolute atomic E-state index is 5.77. The third-order valence-electron chi connectivity index (χ3n) is 2.43. The quantitative estimate of drug-likeness (QED) is 0.797. The molecule has 6 nitrogen and oxygen atoms in total. The molecule has 0 saturated carbocycles. The lowest BCUT2D eigenvalue weighted by molar-refractivity contribution is 0.713. The van der Waals surface area contributed by atoms with Gasteiger partial charge in [-0.3, -0.25) is 4.68 Å². The van der Waals surface area contributed by atoms with Gasteiger partial charge in [-0.05, 0) is 6.92 Å². The van der Waals surface area contributed by atoms with Crippen molar-refractivity contribution in [3.8, 4) is 0 Å². The third kappa shape index (κ3) is 1.83. The number of fused-ring (bicyclic) bond motifs is 1. The van der Waals surface area contributed by atoms with Crippen LogP contribution in [0.4, 0.5) is 5.82 Å². The van der Waals surface area contributed by atoms with Gasteiger partial charge < -0.3 is 10.6 Å². The first-order chi connectivity index (χ1) is 7.59. The van der Waals surface area contributed by atoms with Crippen molar-refractivity contribution in [2.24, 2.45) is 12.8 Å². The molecule has 0 aliphatic carbocycles. The molecule has 0 aliphatic rings. The first-order valence-corrected chi connectivity index (χ1v) is 5.19. The molecule has 1 atom stereocenters. The summed E-state index contributed by atoms with van der Waals surface area (Å²) in [6.45, 7) is 2.72. The fourth-order valence-electron chi connectivity index (χ4n) is 1.77. The molecule has 1 unspecified atom stereocenters. The number of aromatic nitrogens is 4. The highest BCUT2D eigenvalue weighted by atomic mass is 15.3. The Kier molecular flexibility index (Phi) is 2.74. The Labute approximate surface area is 94.1 Å². The zero-order valence-electron chi connectivity index (χ0n) is 9.75. The lowest BCUT2D eigenvalue weighted by Gasteiger charge is -2.20. The van der Waals surface area contributed by atoms with Gasteiger partial charge >= 0.3 is 0 Å². The summed E-state index contributed by atoms with van der Waals surface area (Å²) in [7, 11) is 3.84. The van der Waals surface area contributed by atoms with E-state index < -0.39 is 0 Å². The zero-order chi connectivity index (χ0) is 11.7. The van der Waals surface area contributed by atoms with Crippen LogP contribution in [0.1, 0.15) is 6.92 Å². The summed E-state index contributed by atoms with van der Waals surface area (Å²) in [5.74, 6) is 0.871. The van der Waals surface area contributed by atoms with Crippen LogP contribution in [0.3, 0.4) is 0 Å². The summed E-state index contributed by atoms with van der Waals surface area (Å²) < 4.78 is 1.74. The summed E-state index contributed by atoms with van der Waals surface area (Å²) in [6, 6.07) is 0.103. The predicted octanol–water partition coefficient (Wildman–Crippen LogP) is 0.147. The zero-order valence-corrected chi connectivity index (χ0v) is 9.75. The molecule has 2 heterocycles. The summed E-state index contributed by atoms with van der Waals surface area (Å²) in [5, 5.41) is 5.13. The Bertz CT molecular complexity index is 489. The smallest absolute Gasteiger partial charge is 0.163 e. The van der Waals surface area contributed by atoms with Gasteiger partial charge in [0, 0.05) is 26.7 Å². The van der Waals surface area contributed by atoms with Gasteiger partial charge in [0.1, 0.15) is 12.1 Å². The number of hydrogen-bond donors (Lipinski definition) is 1. The van der Waals surface area contributed by atoms with E-state index in [-0.39, 0.29) is 6.04 Å². The summed E-state index contributed by atoms with van der Waals surface area (Å²) >= 11 is 0. The molecule has 6 heteroatoms. The molecule has 0 radical (unpaired) electrons. The van der Waals surface area contributed by atoms with Crippen LogP contribution in [0.25, 0.3) is 11.0 Å². The molecule has 2 rings (SSSR count). The molecule has 2 aromatic heterocycles. The molecule has 2 aromatic rings. The highest BCUT2D eigenvalue weighted by molar-refractivity contribution is 5.86. The average Bonchev–Trinajstić information content (AvgIpc) is 2.59. The van der Waals surface area contributed by atoms with Crippen molar-refractivity contribution < 1.29 is 0 Å². The molecule has 0 bridgehead atoms. The van der Waals surface area contributed by atoms with Crippen LogP contribution < -0.4 is 10.6 Å². The lowest BCUT2D eigenvalue weighted by Crippen LogP contribution is -2.33. The normalized spacial score (nSPS) is 13.0. The molecule has 0 aromatic carbocycles. The number of nitrogens with two attached hydrogens (primary N) is 1. The monoisotopic (exact) mass is 220 g/mol. The van der Waals surface area contributed by atoms with Crippen LogP contribution in [0.5, 0.6) is 0 Å². The average molecular weight is 220 g/mol. The molecule has 16 heavy (non-hydrogen) atoms. The van der Waals surface area contributed by atoms with Crippen molar-refractivity contribution in [1.82, 2.24) is 19.7 Å². The van der Waals surface area contributed by atoms with E-state index in [1.807, 2.05) is 25.9 Å². The molecule has 0 fully saturated rings. The fraction of sp³-hybridized carbons (Fsp3) is 0.500. The molecule has 0 aliphatic heterocycles. The van der Waals surface area contributed by atoms with Gasteiger partial charge in [0.05, 0.1) is 11.6 Å². The van der Waals surface area contributed by atoms with Gasteiger partial charge in [-0.25, -0.2) is 9.97 Å². The minimum absolute atomic E-state index is 0.103. The molecule has 0 spiro atoms. The minimum Gasteiger partial charge on any atom is -0.357 e. The van der Waals surface area contributed by atoms with Gasteiger partial charge in [-0.1, -0.05) is 0 Å². The second-order valence-corrected chi connectivity index (χ2v) is 4.06. The van der Waals surface area contributed by atoms with Crippen LogP contribution in [-0.4, -0.2) is 39.4 Å². The SMILES string of the molecule is CC(N)CN(C)c1ncnc2c1cnn2C. The molecule has 0 amide bonds. The predicted molar refractivity (Wildman–Crippen MR) is 63.2 cm³/mol. The second kappa shape index (κ2) is 4.05. The second-order valence-electron chi connectivity index (χ2n) is 4.06. The van der Waals surface area contributed by atoms with E-state index in [4.69, 9.17) is 5.73 Å². The van der Waals surface area contributed by atoms with E-state index in [0.717, 1.165) is 23.4 Å². The van der Waals surface area contributed by atoms with Crippen LogP contribution in [0.15, 0.2) is 12.5 Å². The fourth-order valence-corrected chi connectivity index (χ4v) is 1.77. The highest BCUT2D eigenvalue weighted by Crippen LogP contribution is 2.20. The van der Waals surface area contributed by atoms with E-state index in [2.05, 4.69) is 15.1 Å². The number of nitrogens with zero attached hydrogens (tertiary/aromatic N) is 5.